The molecule has 0 N–H and O–H groups in total. The molecule has 4 heterocycles. The fourth-order valence-corrected chi connectivity index (χ4v) is 3.84. The zero-order valence-electron chi connectivity index (χ0n) is 11.3. The molecule has 0 radical (unpaired) electrons. The second kappa shape index (κ2) is 6.12. The first-order chi connectivity index (χ1) is 11.2. The Hall–Kier alpha value is -1.61. The third kappa shape index (κ3) is 2.94. The van der Waals surface area contributed by atoms with E-state index >= 15 is 0 Å². The van der Waals surface area contributed by atoms with Crippen LogP contribution in [0.4, 0.5) is 0 Å². The van der Waals surface area contributed by atoms with Crippen LogP contribution in [0.1, 0.15) is 5.82 Å². The molecule has 0 fully saturated rings. The van der Waals surface area contributed by atoms with E-state index in [0.29, 0.717) is 38.3 Å². The van der Waals surface area contributed by atoms with Gasteiger partial charge in [0.15, 0.2) is 16.6 Å². The smallest absolute Gasteiger partial charge is 0.258 e. The van der Waals surface area contributed by atoms with Crippen LogP contribution >= 0.6 is 46.3 Å². The number of thioether (sulfide) groups is 1. The number of fused-ring (bicyclic) bond motifs is 1. The summed E-state index contributed by atoms with van der Waals surface area (Å²) < 4.78 is 7.00. The molecule has 0 saturated carbocycles. The highest BCUT2D eigenvalue weighted by Gasteiger charge is 2.13. The predicted molar refractivity (Wildman–Crippen MR) is 90.2 cm³/mol. The van der Waals surface area contributed by atoms with Crippen LogP contribution in [0.3, 0.4) is 0 Å². The molecule has 0 amide bonds. The van der Waals surface area contributed by atoms with Gasteiger partial charge in [0, 0.05) is 11.6 Å². The van der Waals surface area contributed by atoms with Crippen molar-refractivity contribution in [3.63, 3.8) is 0 Å². The molecule has 23 heavy (non-hydrogen) atoms. The van der Waals surface area contributed by atoms with E-state index in [0.717, 1.165) is 5.56 Å². The first-order valence-electron chi connectivity index (χ1n) is 6.38. The Labute approximate surface area is 148 Å². The molecule has 0 saturated heterocycles. The first kappa shape index (κ1) is 14.9. The summed E-state index contributed by atoms with van der Waals surface area (Å²) in [5, 5.41) is 17.7. The van der Waals surface area contributed by atoms with Gasteiger partial charge in [0.2, 0.25) is 0 Å². The normalized spacial score (nSPS) is 11.4. The van der Waals surface area contributed by atoms with E-state index < -0.39 is 0 Å². The Morgan fingerprint density at radius 3 is 3.04 bits per heavy atom. The van der Waals surface area contributed by atoms with Crippen LogP contribution in [0, 0.1) is 0 Å². The van der Waals surface area contributed by atoms with Crippen LogP contribution in [0.25, 0.3) is 17.1 Å². The molecule has 116 valence electrons. The summed E-state index contributed by atoms with van der Waals surface area (Å²) in [5.74, 6) is 1.60. The first-order valence-corrected chi connectivity index (χ1v) is 9.07. The summed E-state index contributed by atoms with van der Waals surface area (Å²) in [7, 11) is 0. The van der Waals surface area contributed by atoms with Gasteiger partial charge in [0.25, 0.3) is 5.89 Å². The Bertz CT molecular complexity index is 966. The maximum Gasteiger partial charge on any atom is 0.258 e. The van der Waals surface area contributed by atoms with Crippen molar-refractivity contribution in [1.82, 2.24) is 24.7 Å². The second-order valence-corrected chi connectivity index (χ2v) is 7.07. The Morgan fingerprint density at radius 1 is 1.30 bits per heavy atom. The average molecular weight is 384 g/mol. The molecule has 0 aromatic carbocycles. The molecule has 0 atom stereocenters. The monoisotopic (exact) mass is 383 g/mol. The summed E-state index contributed by atoms with van der Waals surface area (Å²) in [6.45, 7) is 0. The third-order valence-corrected chi connectivity index (χ3v) is 5.07. The van der Waals surface area contributed by atoms with Crippen molar-refractivity contribution in [3.8, 4) is 11.5 Å². The van der Waals surface area contributed by atoms with Gasteiger partial charge in [-0.15, -0.1) is 10.2 Å². The zero-order chi connectivity index (χ0) is 15.8. The zero-order valence-corrected chi connectivity index (χ0v) is 14.5. The van der Waals surface area contributed by atoms with Gasteiger partial charge in [-0.1, -0.05) is 40.1 Å². The Kier molecular flexibility index (Phi) is 3.98. The van der Waals surface area contributed by atoms with E-state index in [4.69, 9.17) is 27.7 Å². The topological polar surface area (TPSA) is 69.1 Å². The van der Waals surface area contributed by atoms with Crippen LogP contribution in [-0.2, 0) is 5.75 Å². The summed E-state index contributed by atoms with van der Waals surface area (Å²) in [4.78, 5) is 4.37. The molecule has 0 aliphatic carbocycles. The van der Waals surface area contributed by atoms with E-state index in [9.17, 15) is 0 Å². The molecular formula is C13H7Cl2N5OS2. The molecule has 4 aromatic rings. The van der Waals surface area contributed by atoms with Gasteiger partial charge in [-0.3, -0.25) is 4.40 Å². The molecule has 4 aromatic heterocycles. The van der Waals surface area contributed by atoms with Crippen molar-refractivity contribution >= 4 is 51.9 Å². The number of nitrogens with zero attached hydrogens (tertiary/aromatic N) is 5. The minimum absolute atomic E-state index is 0.455. The lowest BCUT2D eigenvalue weighted by Crippen LogP contribution is -1.90. The van der Waals surface area contributed by atoms with Crippen molar-refractivity contribution in [2.24, 2.45) is 0 Å². The van der Waals surface area contributed by atoms with Crippen LogP contribution in [-0.4, -0.2) is 24.7 Å². The summed E-state index contributed by atoms with van der Waals surface area (Å²) in [6.07, 6.45) is 1.72. The van der Waals surface area contributed by atoms with Crippen molar-refractivity contribution in [2.75, 3.05) is 0 Å². The lowest BCUT2D eigenvalue weighted by atomic mass is 10.3. The molecule has 4 rings (SSSR count). The molecule has 0 aliphatic rings. The highest BCUT2D eigenvalue weighted by Crippen LogP contribution is 2.27. The number of pyridine rings is 1. The SMILES string of the molecule is Clc1cc(Cl)c2nnc(SCc3noc(-c4ccsc4)n3)n2c1. The van der Waals surface area contributed by atoms with Crippen LogP contribution in [0.2, 0.25) is 10.0 Å². The summed E-state index contributed by atoms with van der Waals surface area (Å²) >= 11 is 15.1. The Morgan fingerprint density at radius 2 is 2.22 bits per heavy atom. The molecular weight excluding hydrogens is 377 g/mol. The average Bonchev–Trinajstić information content (AvgIpc) is 3.25. The standard InChI is InChI=1S/C13H7Cl2N5OS2/c14-8-3-9(15)11-17-18-13(20(11)4-8)23-6-10-16-12(21-19-10)7-1-2-22-5-7/h1-5H,6H2. The van der Waals surface area contributed by atoms with Crippen molar-refractivity contribution in [1.29, 1.82) is 0 Å². The van der Waals surface area contributed by atoms with Crippen molar-refractivity contribution < 1.29 is 4.52 Å². The van der Waals surface area contributed by atoms with Gasteiger partial charge in [-0.05, 0) is 17.5 Å². The van der Waals surface area contributed by atoms with E-state index in [1.165, 1.54) is 11.8 Å². The van der Waals surface area contributed by atoms with E-state index in [1.807, 2.05) is 16.8 Å². The number of hydrogen-bond acceptors (Lipinski definition) is 7. The quantitative estimate of drug-likeness (QED) is 0.485. The lowest BCUT2D eigenvalue weighted by molar-refractivity contribution is 0.425. The minimum atomic E-state index is 0.455. The van der Waals surface area contributed by atoms with E-state index in [1.54, 1.807) is 28.0 Å². The number of aromatic nitrogens is 5. The fraction of sp³-hybridized carbons (Fsp3) is 0.0769. The molecule has 10 heteroatoms. The Balaban J connectivity index is 1.56. The van der Waals surface area contributed by atoms with Crippen LogP contribution in [0.15, 0.2) is 38.8 Å². The highest BCUT2D eigenvalue weighted by atomic mass is 35.5. The molecule has 6 nitrogen and oxygen atoms in total. The van der Waals surface area contributed by atoms with E-state index in [2.05, 4.69) is 20.3 Å². The lowest BCUT2D eigenvalue weighted by Gasteiger charge is -1.99. The van der Waals surface area contributed by atoms with Gasteiger partial charge >= 0.3 is 0 Å². The molecule has 0 bridgehead atoms. The van der Waals surface area contributed by atoms with Crippen molar-refractivity contribution in [3.05, 3.63) is 45.0 Å². The predicted octanol–water partition coefficient (Wildman–Crippen LogP) is 4.44. The van der Waals surface area contributed by atoms with E-state index in [-0.39, 0.29) is 0 Å². The number of rotatable bonds is 4. The van der Waals surface area contributed by atoms with Gasteiger partial charge < -0.3 is 4.52 Å². The van der Waals surface area contributed by atoms with Gasteiger partial charge in [-0.25, -0.2) is 0 Å². The number of hydrogen-bond donors (Lipinski definition) is 0. The van der Waals surface area contributed by atoms with Gasteiger partial charge in [0.05, 0.1) is 21.4 Å². The maximum atomic E-state index is 6.10. The summed E-state index contributed by atoms with van der Waals surface area (Å²) in [5.41, 5.74) is 1.48. The molecule has 0 aliphatic heterocycles. The number of halogens is 2. The third-order valence-electron chi connectivity index (χ3n) is 2.96. The maximum absolute atomic E-state index is 6.10. The highest BCUT2D eigenvalue weighted by molar-refractivity contribution is 7.98. The van der Waals surface area contributed by atoms with Crippen LogP contribution < -0.4 is 0 Å². The largest absolute Gasteiger partial charge is 0.334 e. The number of thiophene rings is 1. The fourth-order valence-electron chi connectivity index (χ4n) is 1.95. The second-order valence-electron chi connectivity index (χ2n) is 4.50. The summed E-state index contributed by atoms with van der Waals surface area (Å²) in [6, 6.07) is 3.57. The van der Waals surface area contributed by atoms with Crippen molar-refractivity contribution in [2.45, 2.75) is 10.9 Å². The van der Waals surface area contributed by atoms with Gasteiger partial charge in [0.1, 0.15) is 0 Å². The van der Waals surface area contributed by atoms with Gasteiger partial charge in [-0.2, -0.15) is 16.3 Å². The van der Waals surface area contributed by atoms with Crippen LogP contribution in [0.5, 0.6) is 0 Å². The molecule has 0 spiro atoms. The molecule has 0 unspecified atom stereocenters. The minimum Gasteiger partial charge on any atom is -0.334 e.